The summed E-state index contributed by atoms with van der Waals surface area (Å²) in [6.07, 6.45) is -2.19. The Balaban J connectivity index is 2.50. The van der Waals surface area contributed by atoms with Crippen molar-refractivity contribution in [1.29, 1.82) is 0 Å². The van der Waals surface area contributed by atoms with E-state index in [4.69, 9.17) is 16.2 Å². The first-order valence-corrected chi connectivity index (χ1v) is 5.62. The summed E-state index contributed by atoms with van der Waals surface area (Å²) in [5.41, 5.74) is 11.0. The number of hydrogen-bond donors (Lipinski definition) is 3. The largest absolute Gasteiger partial charge is 0.447 e. The molecule has 1 aromatic carbocycles. The predicted octanol–water partition coefficient (Wildman–Crippen LogP) is -0.567. The number of anilines is 1. The van der Waals surface area contributed by atoms with Crippen LogP contribution in [0.15, 0.2) is 30.3 Å². The van der Waals surface area contributed by atoms with Crippen molar-refractivity contribution in [3.05, 3.63) is 30.3 Å². The first kappa shape index (κ1) is 14.9. The molecule has 2 atom stereocenters. The van der Waals surface area contributed by atoms with Gasteiger partial charge in [-0.2, -0.15) is 0 Å². The van der Waals surface area contributed by atoms with Gasteiger partial charge in [0.25, 0.3) is 0 Å². The van der Waals surface area contributed by atoms with Crippen LogP contribution in [0, 0.1) is 0 Å². The van der Waals surface area contributed by atoms with Crippen molar-refractivity contribution in [2.75, 3.05) is 18.6 Å². The minimum absolute atomic E-state index is 0.305. The number of para-hydroxylation sites is 1. The molecule has 0 aliphatic heterocycles. The smallest absolute Gasteiger partial charge is 0.414 e. The topological polar surface area (TPSA) is 119 Å². The van der Waals surface area contributed by atoms with Crippen molar-refractivity contribution in [3.8, 4) is 0 Å². The highest BCUT2D eigenvalue weighted by atomic mass is 16.6. The van der Waals surface area contributed by atoms with E-state index in [1.807, 2.05) is 6.07 Å². The van der Waals surface area contributed by atoms with E-state index in [2.05, 4.69) is 0 Å². The number of ether oxygens (including phenoxy) is 1. The molecule has 1 rings (SSSR count). The van der Waals surface area contributed by atoms with E-state index in [1.54, 1.807) is 24.3 Å². The van der Waals surface area contributed by atoms with Gasteiger partial charge in [0, 0.05) is 12.7 Å². The van der Waals surface area contributed by atoms with E-state index in [0.717, 1.165) is 0 Å². The van der Waals surface area contributed by atoms with E-state index in [9.17, 15) is 14.7 Å². The molecule has 0 heterocycles. The van der Waals surface area contributed by atoms with Crippen molar-refractivity contribution in [3.63, 3.8) is 0 Å². The van der Waals surface area contributed by atoms with Gasteiger partial charge < -0.3 is 21.3 Å². The van der Waals surface area contributed by atoms with Crippen LogP contribution < -0.4 is 16.4 Å². The molecule has 0 aromatic heterocycles. The number of aliphatic hydroxyl groups excluding tert-OH is 1. The molecule has 0 radical (unpaired) electrons. The second-order valence-corrected chi connectivity index (χ2v) is 3.98. The van der Waals surface area contributed by atoms with Gasteiger partial charge in [0.1, 0.15) is 6.61 Å². The van der Waals surface area contributed by atoms with Gasteiger partial charge in [-0.25, -0.2) is 4.79 Å². The molecule has 7 nitrogen and oxygen atoms in total. The highest BCUT2D eigenvalue weighted by Crippen LogP contribution is 2.12. The zero-order chi connectivity index (χ0) is 14.4. The van der Waals surface area contributed by atoms with Gasteiger partial charge in [-0.1, -0.05) is 18.2 Å². The minimum Gasteiger partial charge on any atom is -0.447 e. The molecule has 7 heteroatoms. The van der Waals surface area contributed by atoms with Crippen LogP contribution in [0.3, 0.4) is 0 Å². The average molecular weight is 267 g/mol. The summed E-state index contributed by atoms with van der Waals surface area (Å²) in [6, 6.07) is 7.80. The normalized spacial score (nSPS) is 13.4. The quantitative estimate of drug-likeness (QED) is 0.660. The Bertz CT molecular complexity index is 438. The summed E-state index contributed by atoms with van der Waals surface area (Å²) in [4.78, 5) is 23.7. The molecule has 19 heavy (non-hydrogen) atoms. The molecule has 0 saturated carbocycles. The molecular formula is C12H17N3O4. The molecule has 1 aromatic rings. The fourth-order valence-electron chi connectivity index (χ4n) is 1.32. The van der Waals surface area contributed by atoms with E-state index < -0.39 is 24.1 Å². The van der Waals surface area contributed by atoms with E-state index >= 15 is 0 Å². The van der Waals surface area contributed by atoms with E-state index in [-0.39, 0.29) is 6.61 Å². The summed E-state index contributed by atoms with van der Waals surface area (Å²) in [6.45, 7) is -0.305. The van der Waals surface area contributed by atoms with E-state index in [1.165, 1.54) is 11.9 Å². The fourth-order valence-corrected chi connectivity index (χ4v) is 1.32. The number of benzene rings is 1. The summed E-state index contributed by atoms with van der Waals surface area (Å²) < 4.78 is 4.89. The number of amides is 2. The second-order valence-electron chi connectivity index (χ2n) is 3.98. The van der Waals surface area contributed by atoms with Crippen LogP contribution in [0.4, 0.5) is 10.5 Å². The van der Waals surface area contributed by atoms with Crippen LogP contribution in [-0.2, 0) is 9.53 Å². The number of rotatable bonds is 5. The van der Waals surface area contributed by atoms with Gasteiger partial charge in [-0.3, -0.25) is 9.69 Å². The first-order valence-electron chi connectivity index (χ1n) is 5.62. The molecule has 0 saturated heterocycles. The van der Waals surface area contributed by atoms with Crippen molar-refractivity contribution in [1.82, 2.24) is 0 Å². The van der Waals surface area contributed by atoms with Crippen LogP contribution in [0.1, 0.15) is 0 Å². The highest BCUT2D eigenvalue weighted by Gasteiger charge is 2.22. The lowest BCUT2D eigenvalue weighted by Gasteiger charge is -2.20. The number of nitrogens with two attached hydrogens (primary N) is 2. The van der Waals surface area contributed by atoms with Gasteiger partial charge in [0.15, 0.2) is 6.10 Å². The monoisotopic (exact) mass is 267 g/mol. The van der Waals surface area contributed by atoms with E-state index in [0.29, 0.717) is 5.69 Å². The second kappa shape index (κ2) is 6.72. The van der Waals surface area contributed by atoms with Gasteiger partial charge in [0.2, 0.25) is 5.91 Å². The number of carbonyl (C=O) groups is 2. The van der Waals surface area contributed by atoms with Gasteiger partial charge in [-0.15, -0.1) is 0 Å². The maximum absolute atomic E-state index is 11.7. The zero-order valence-corrected chi connectivity index (χ0v) is 10.5. The Kier molecular flexibility index (Phi) is 5.28. The Morgan fingerprint density at radius 2 is 1.95 bits per heavy atom. The van der Waals surface area contributed by atoms with Crippen molar-refractivity contribution < 1.29 is 19.4 Å². The molecule has 2 unspecified atom stereocenters. The number of aliphatic hydroxyl groups is 1. The highest BCUT2D eigenvalue weighted by molar-refractivity contribution is 5.87. The first-order chi connectivity index (χ1) is 8.93. The fraction of sp³-hybridized carbons (Fsp3) is 0.333. The van der Waals surface area contributed by atoms with Crippen molar-refractivity contribution in [2.24, 2.45) is 11.5 Å². The van der Waals surface area contributed by atoms with Crippen LogP contribution >= 0.6 is 0 Å². The van der Waals surface area contributed by atoms with Gasteiger partial charge in [-0.05, 0) is 12.1 Å². The lowest BCUT2D eigenvalue weighted by Crippen LogP contribution is -2.47. The van der Waals surface area contributed by atoms with Crippen LogP contribution in [0.5, 0.6) is 0 Å². The maximum Gasteiger partial charge on any atom is 0.414 e. The summed E-state index contributed by atoms with van der Waals surface area (Å²) in [7, 11) is 1.54. The van der Waals surface area contributed by atoms with Crippen LogP contribution in [0.2, 0.25) is 0 Å². The molecule has 104 valence electrons. The Morgan fingerprint density at radius 3 is 2.47 bits per heavy atom. The zero-order valence-electron chi connectivity index (χ0n) is 10.5. The molecule has 0 bridgehead atoms. The van der Waals surface area contributed by atoms with Crippen LogP contribution in [-0.4, -0.2) is 42.9 Å². The average Bonchev–Trinajstić information content (AvgIpc) is 2.43. The molecule has 0 aliphatic carbocycles. The predicted molar refractivity (Wildman–Crippen MR) is 69.4 cm³/mol. The number of hydrogen-bond acceptors (Lipinski definition) is 5. The summed E-state index contributed by atoms with van der Waals surface area (Å²) >= 11 is 0. The minimum atomic E-state index is -1.55. The van der Waals surface area contributed by atoms with Gasteiger partial charge in [0.05, 0.1) is 6.04 Å². The molecular weight excluding hydrogens is 250 g/mol. The molecule has 0 aliphatic rings. The van der Waals surface area contributed by atoms with Crippen molar-refractivity contribution >= 4 is 17.7 Å². The maximum atomic E-state index is 11.7. The third-order valence-corrected chi connectivity index (χ3v) is 2.51. The van der Waals surface area contributed by atoms with Crippen LogP contribution in [0.25, 0.3) is 0 Å². The Labute approximate surface area is 110 Å². The summed E-state index contributed by atoms with van der Waals surface area (Å²) in [5.74, 6) is -0.958. The number of nitrogens with zero attached hydrogens (tertiary/aromatic N) is 1. The van der Waals surface area contributed by atoms with Crippen molar-refractivity contribution in [2.45, 2.75) is 12.1 Å². The summed E-state index contributed by atoms with van der Waals surface area (Å²) in [5, 5.41) is 9.26. The molecule has 5 N–H and O–H groups in total. The third kappa shape index (κ3) is 4.23. The molecule has 0 spiro atoms. The number of primary amides is 1. The Hall–Kier alpha value is -2.12. The standard InChI is InChI=1S/C12H17N3O4/c1-15(8-5-3-2-4-6-8)12(18)19-7-9(13)10(16)11(14)17/h2-6,9-10,16H,7,13H2,1H3,(H2,14,17). The molecule has 2 amide bonds. The van der Waals surface area contributed by atoms with Gasteiger partial charge >= 0.3 is 6.09 Å². The SMILES string of the molecule is CN(C(=O)OCC(N)C(O)C(N)=O)c1ccccc1. The third-order valence-electron chi connectivity index (χ3n) is 2.51. The number of carbonyl (C=O) groups excluding carboxylic acids is 2. The molecule has 0 fully saturated rings. The Morgan fingerprint density at radius 1 is 1.37 bits per heavy atom. The lowest BCUT2D eigenvalue weighted by molar-refractivity contribution is -0.127. The lowest BCUT2D eigenvalue weighted by atomic mass is 10.2.